The summed E-state index contributed by atoms with van der Waals surface area (Å²) in [5, 5.41) is 9.57. The van der Waals surface area contributed by atoms with Crippen molar-refractivity contribution in [3.8, 4) is 0 Å². The normalized spacial score (nSPS) is 14.6. The van der Waals surface area contributed by atoms with Crippen LogP contribution in [0.1, 0.15) is 48.5 Å². The first-order chi connectivity index (χ1) is 6.50. The van der Waals surface area contributed by atoms with E-state index in [1.54, 1.807) is 0 Å². The molecule has 0 aromatic rings. The fraction of sp³-hybridized carbons (Fsp3) is 0.769. The molecule has 0 rings (SSSR count). The van der Waals surface area contributed by atoms with E-state index >= 15 is 0 Å². The molecule has 0 atom stereocenters. The highest BCUT2D eigenvalue weighted by Gasteiger charge is 2.54. The Morgan fingerprint density at radius 3 is 1.40 bits per heavy atom. The minimum Gasteiger partial charge on any atom is -0.481 e. The fourth-order valence-corrected chi connectivity index (χ4v) is 2.59. The van der Waals surface area contributed by atoms with E-state index in [4.69, 9.17) is 0 Å². The summed E-state index contributed by atoms with van der Waals surface area (Å²) in [4.78, 5) is 11.7. The fourth-order valence-electron chi connectivity index (χ4n) is 2.59. The third-order valence-electron chi connectivity index (χ3n) is 3.12. The molecule has 0 aliphatic rings. The Labute approximate surface area is 93.4 Å². The molecule has 0 bridgehead atoms. The molecule has 0 unspecified atom stereocenters. The van der Waals surface area contributed by atoms with Gasteiger partial charge in [0.1, 0.15) is 0 Å². The molecule has 0 heterocycles. The van der Waals surface area contributed by atoms with Gasteiger partial charge in [-0.2, -0.15) is 0 Å². The van der Waals surface area contributed by atoms with Crippen LogP contribution in [0.3, 0.4) is 0 Å². The monoisotopic (exact) mass is 212 g/mol. The summed E-state index contributed by atoms with van der Waals surface area (Å²) in [5.41, 5.74) is -1.47. The highest BCUT2D eigenvalue weighted by atomic mass is 16.4. The van der Waals surface area contributed by atoms with Gasteiger partial charge in [-0.05, 0) is 17.8 Å². The minimum absolute atomic E-state index is 0.316. The Morgan fingerprint density at radius 1 is 1.00 bits per heavy atom. The minimum atomic E-state index is -0.839. The van der Waals surface area contributed by atoms with Crippen molar-refractivity contribution in [2.75, 3.05) is 0 Å². The lowest BCUT2D eigenvalue weighted by atomic mass is 9.54. The number of aliphatic carboxylic acids is 1. The van der Waals surface area contributed by atoms with Gasteiger partial charge in [0.05, 0.1) is 5.41 Å². The van der Waals surface area contributed by atoms with Gasteiger partial charge in [0.2, 0.25) is 0 Å². The van der Waals surface area contributed by atoms with Crippen LogP contribution in [-0.2, 0) is 4.79 Å². The van der Waals surface area contributed by atoms with E-state index in [-0.39, 0.29) is 10.8 Å². The van der Waals surface area contributed by atoms with Gasteiger partial charge in [0, 0.05) is 0 Å². The average molecular weight is 212 g/mol. The van der Waals surface area contributed by atoms with Crippen molar-refractivity contribution in [1.29, 1.82) is 0 Å². The molecule has 0 spiro atoms. The molecule has 0 saturated carbocycles. The van der Waals surface area contributed by atoms with Crippen LogP contribution in [0.25, 0.3) is 0 Å². The standard InChI is InChI=1S/C13H24O2/c1-8-9-13(10(14)15,11(2,3)4)12(5,6)7/h8-9H,1-7H3,(H,14,15). The van der Waals surface area contributed by atoms with Crippen LogP contribution in [0.5, 0.6) is 0 Å². The zero-order valence-corrected chi connectivity index (χ0v) is 11.0. The van der Waals surface area contributed by atoms with Crippen molar-refractivity contribution in [3.05, 3.63) is 12.2 Å². The van der Waals surface area contributed by atoms with E-state index in [1.807, 2.05) is 60.6 Å². The van der Waals surface area contributed by atoms with Crippen molar-refractivity contribution in [2.45, 2.75) is 48.5 Å². The van der Waals surface area contributed by atoms with Crippen molar-refractivity contribution in [1.82, 2.24) is 0 Å². The Bertz CT molecular complexity index is 247. The quantitative estimate of drug-likeness (QED) is 0.708. The van der Waals surface area contributed by atoms with Crippen LogP contribution < -0.4 is 0 Å². The molecule has 0 aliphatic carbocycles. The second kappa shape index (κ2) is 3.99. The lowest BCUT2D eigenvalue weighted by Crippen LogP contribution is -2.50. The largest absolute Gasteiger partial charge is 0.481 e. The molecule has 0 aliphatic heterocycles. The Hall–Kier alpha value is -0.790. The summed E-state index contributed by atoms with van der Waals surface area (Å²) < 4.78 is 0. The van der Waals surface area contributed by atoms with Gasteiger partial charge in [0.15, 0.2) is 0 Å². The predicted octanol–water partition coefficient (Wildman–Crippen LogP) is 3.73. The number of hydrogen-bond donors (Lipinski definition) is 1. The molecule has 0 radical (unpaired) electrons. The molecular formula is C13H24O2. The number of carboxylic acids is 1. The zero-order valence-electron chi connectivity index (χ0n) is 11.0. The highest BCUT2D eigenvalue weighted by molar-refractivity contribution is 5.79. The maximum Gasteiger partial charge on any atom is 0.314 e. The number of rotatable bonds is 2. The maximum atomic E-state index is 11.7. The molecule has 0 aromatic carbocycles. The summed E-state index contributed by atoms with van der Waals surface area (Å²) in [5.74, 6) is -0.749. The molecule has 2 nitrogen and oxygen atoms in total. The first kappa shape index (κ1) is 14.2. The van der Waals surface area contributed by atoms with Crippen LogP contribution in [0.2, 0.25) is 0 Å². The maximum absolute atomic E-state index is 11.7. The van der Waals surface area contributed by atoms with Gasteiger partial charge in [-0.3, -0.25) is 4.79 Å². The molecule has 0 fully saturated rings. The molecule has 1 N–H and O–H groups in total. The first-order valence-electron chi connectivity index (χ1n) is 5.38. The van der Waals surface area contributed by atoms with E-state index in [0.29, 0.717) is 0 Å². The lowest BCUT2D eigenvalue weighted by Gasteiger charge is -2.48. The average Bonchev–Trinajstić information content (AvgIpc) is 1.93. The first-order valence-corrected chi connectivity index (χ1v) is 5.38. The van der Waals surface area contributed by atoms with E-state index in [2.05, 4.69) is 0 Å². The topological polar surface area (TPSA) is 37.3 Å². The van der Waals surface area contributed by atoms with Crippen molar-refractivity contribution in [3.63, 3.8) is 0 Å². The Morgan fingerprint density at radius 2 is 1.33 bits per heavy atom. The van der Waals surface area contributed by atoms with E-state index in [0.717, 1.165) is 0 Å². The van der Waals surface area contributed by atoms with Crippen LogP contribution in [0, 0.1) is 16.2 Å². The third-order valence-corrected chi connectivity index (χ3v) is 3.12. The summed E-state index contributed by atoms with van der Waals surface area (Å²) in [6, 6.07) is 0. The second-order valence-corrected chi connectivity index (χ2v) is 6.11. The summed E-state index contributed by atoms with van der Waals surface area (Å²) in [7, 11) is 0. The lowest BCUT2D eigenvalue weighted by molar-refractivity contribution is -0.160. The van der Waals surface area contributed by atoms with Crippen molar-refractivity contribution >= 4 is 5.97 Å². The van der Waals surface area contributed by atoms with Gasteiger partial charge in [-0.25, -0.2) is 0 Å². The van der Waals surface area contributed by atoms with Crippen molar-refractivity contribution < 1.29 is 9.90 Å². The van der Waals surface area contributed by atoms with Crippen LogP contribution in [0.15, 0.2) is 12.2 Å². The van der Waals surface area contributed by atoms with Crippen molar-refractivity contribution in [2.24, 2.45) is 16.2 Å². The zero-order chi connectivity index (χ0) is 12.5. The number of allylic oxidation sites excluding steroid dienone is 1. The summed E-state index contributed by atoms with van der Waals surface area (Å²) in [6.45, 7) is 13.7. The molecule has 0 amide bonds. The number of hydrogen-bond acceptors (Lipinski definition) is 1. The number of carbonyl (C=O) groups is 1. The summed E-state index contributed by atoms with van der Waals surface area (Å²) >= 11 is 0. The van der Waals surface area contributed by atoms with Crippen LogP contribution >= 0.6 is 0 Å². The highest BCUT2D eigenvalue weighted by Crippen LogP contribution is 2.52. The third kappa shape index (κ3) is 2.24. The van der Waals surface area contributed by atoms with E-state index < -0.39 is 11.4 Å². The number of carboxylic acid groups (broad SMARTS) is 1. The molecule has 88 valence electrons. The second-order valence-electron chi connectivity index (χ2n) is 6.11. The van der Waals surface area contributed by atoms with Gasteiger partial charge in [0.25, 0.3) is 0 Å². The van der Waals surface area contributed by atoms with Gasteiger partial charge in [-0.1, -0.05) is 53.7 Å². The van der Waals surface area contributed by atoms with Gasteiger partial charge < -0.3 is 5.11 Å². The molecule has 0 saturated heterocycles. The summed E-state index contributed by atoms with van der Waals surface area (Å²) in [6.07, 6.45) is 3.67. The van der Waals surface area contributed by atoms with Crippen LogP contribution in [-0.4, -0.2) is 11.1 Å². The molecular weight excluding hydrogens is 188 g/mol. The SMILES string of the molecule is CC=CC(C(=O)O)(C(C)(C)C)C(C)(C)C. The molecule has 15 heavy (non-hydrogen) atoms. The van der Waals surface area contributed by atoms with E-state index in [1.165, 1.54) is 0 Å². The Balaban J connectivity index is 5.84. The van der Waals surface area contributed by atoms with E-state index in [9.17, 15) is 9.90 Å². The Kier molecular flexibility index (Phi) is 3.78. The van der Waals surface area contributed by atoms with Gasteiger partial charge in [-0.15, -0.1) is 0 Å². The molecule has 2 heteroatoms. The van der Waals surface area contributed by atoms with Gasteiger partial charge >= 0.3 is 5.97 Å². The molecule has 0 aromatic heterocycles. The predicted molar refractivity (Wildman–Crippen MR) is 63.8 cm³/mol. The van der Waals surface area contributed by atoms with Crippen LogP contribution in [0.4, 0.5) is 0 Å². The smallest absolute Gasteiger partial charge is 0.314 e.